The van der Waals surface area contributed by atoms with Crippen LogP contribution in [-0.2, 0) is 4.79 Å². The number of hydrogen-bond acceptors (Lipinski definition) is 4. The zero-order chi connectivity index (χ0) is 20.8. The molecular weight excluding hydrogens is 360 g/mol. The number of likely N-dealkylation sites (N-methyl/N-ethyl adjacent to an activating group) is 2. The van der Waals surface area contributed by atoms with Crippen LogP contribution in [0.2, 0.25) is 0 Å². The third-order valence-corrected chi connectivity index (χ3v) is 6.23. The van der Waals surface area contributed by atoms with Gasteiger partial charge in [0.25, 0.3) is 0 Å². The molecule has 0 aliphatic carbocycles. The molecule has 29 heavy (non-hydrogen) atoms. The minimum Gasteiger partial charge on any atom is -0.348 e. The molecule has 0 radical (unpaired) electrons. The highest BCUT2D eigenvalue weighted by atomic mass is 16.2. The Bertz CT molecular complexity index is 795. The van der Waals surface area contributed by atoms with Gasteiger partial charge in [0.2, 0.25) is 5.91 Å². The fraction of sp³-hybridized carbons (Fsp3) is 0.542. The van der Waals surface area contributed by atoms with Gasteiger partial charge in [0.05, 0.1) is 12.6 Å². The Labute approximate surface area is 175 Å². The maximum absolute atomic E-state index is 12.6. The number of amides is 1. The lowest BCUT2D eigenvalue weighted by molar-refractivity contribution is -0.122. The summed E-state index contributed by atoms with van der Waals surface area (Å²) in [5.74, 6) is 0.0786. The summed E-state index contributed by atoms with van der Waals surface area (Å²) in [7, 11) is 6.44. The Kier molecular flexibility index (Phi) is 7.64. The summed E-state index contributed by atoms with van der Waals surface area (Å²) in [6.45, 7) is 6.75. The van der Waals surface area contributed by atoms with Crippen molar-refractivity contribution in [1.82, 2.24) is 20.0 Å². The van der Waals surface area contributed by atoms with Crippen LogP contribution in [0.3, 0.4) is 0 Å². The van der Waals surface area contributed by atoms with Crippen LogP contribution in [0.5, 0.6) is 0 Å². The zero-order valence-corrected chi connectivity index (χ0v) is 18.4. The number of carbonyl (C=O) groups excluding carboxylic acids is 1. The standard InChI is InChI=1S/C24H36N4O/c1-19(22-11-7-9-20-8-5-6-10-23(20)22)25-24(29)18-27(3)16-17-28(4)21-12-14-26(2)15-13-21/h5-11,19,21H,12-18H2,1-4H3,(H,25,29)/t19-/m1/s1. The smallest absolute Gasteiger partial charge is 0.234 e. The van der Waals surface area contributed by atoms with Crippen molar-refractivity contribution in [3.63, 3.8) is 0 Å². The average molecular weight is 397 g/mol. The molecule has 2 aromatic carbocycles. The molecule has 1 atom stereocenters. The Balaban J connectivity index is 1.46. The summed E-state index contributed by atoms with van der Waals surface area (Å²) >= 11 is 0. The van der Waals surface area contributed by atoms with Crippen molar-refractivity contribution in [1.29, 1.82) is 0 Å². The highest BCUT2D eigenvalue weighted by Crippen LogP contribution is 2.24. The topological polar surface area (TPSA) is 38.8 Å². The Morgan fingerprint density at radius 2 is 1.79 bits per heavy atom. The summed E-state index contributed by atoms with van der Waals surface area (Å²) in [6, 6.07) is 15.3. The van der Waals surface area contributed by atoms with Gasteiger partial charge in [0.15, 0.2) is 0 Å². The molecule has 1 aliphatic heterocycles. The first-order valence-electron chi connectivity index (χ1n) is 10.8. The van der Waals surface area contributed by atoms with Crippen LogP contribution in [0.15, 0.2) is 42.5 Å². The second-order valence-corrected chi connectivity index (χ2v) is 8.61. The van der Waals surface area contributed by atoms with Crippen molar-refractivity contribution in [3.8, 4) is 0 Å². The molecule has 1 N–H and O–H groups in total. The molecular formula is C24H36N4O. The SMILES string of the molecule is C[C@@H](NC(=O)CN(C)CCN(C)C1CCN(C)CC1)c1cccc2ccccc12. The summed E-state index contributed by atoms with van der Waals surface area (Å²) in [6.07, 6.45) is 2.47. The molecule has 1 heterocycles. The van der Waals surface area contributed by atoms with E-state index in [1.807, 2.05) is 13.1 Å². The summed E-state index contributed by atoms with van der Waals surface area (Å²) in [4.78, 5) is 19.6. The summed E-state index contributed by atoms with van der Waals surface area (Å²) in [5, 5.41) is 5.59. The van der Waals surface area contributed by atoms with Crippen LogP contribution >= 0.6 is 0 Å². The third kappa shape index (κ3) is 6.01. The molecule has 2 aromatic rings. The highest BCUT2D eigenvalue weighted by molar-refractivity contribution is 5.87. The quantitative estimate of drug-likeness (QED) is 0.745. The number of likely N-dealkylation sites (tertiary alicyclic amines) is 1. The van der Waals surface area contributed by atoms with E-state index in [2.05, 4.69) is 77.4 Å². The lowest BCUT2D eigenvalue weighted by Gasteiger charge is -2.35. The van der Waals surface area contributed by atoms with Crippen molar-refractivity contribution < 1.29 is 4.79 Å². The van der Waals surface area contributed by atoms with E-state index in [0.29, 0.717) is 12.6 Å². The van der Waals surface area contributed by atoms with Crippen LogP contribution in [-0.4, -0.2) is 80.5 Å². The predicted molar refractivity (Wildman–Crippen MR) is 121 cm³/mol. The molecule has 1 saturated heterocycles. The lowest BCUT2D eigenvalue weighted by Crippen LogP contribution is -2.45. The molecule has 0 spiro atoms. The van der Waals surface area contributed by atoms with Gasteiger partial charge in [-0.1, -0.05) is 42.5 Å². The summed E-state index contributed by atoms with van der Waals surface area (Å²) in [5.41, 5.74) is 1.17. The van der Waals surface area contributed by atoms with Crippen LogP contribution in [0.4, 0.5) is 0 Å². The predicted octanol–water partition coefficient (Wildman–Crippen LogP) is 2.97. The first-order valence-corrected chi connectivity index (χ1v) is 10.8. The first-order chi connectivity index (χ1) is 13.9. The zero-order valence-electron chi connectivity index (χ0n) is 18.4. The minimum atomic E-state index is -0.0103. The van der Waals surface area contributed by atoms with E-state index >= 15 is 0 Å². The summed E-state index contributed by atoms with van der Waals surface area (Å²) < 4.78 is 0. The number of benzene rings is 2. The highest BCUT2D eigenvalue weighted by Gasteiger charge is 2.21. The molecule has 0 aromatic heterocycles. The molecule has 0 saturated carbocycles. The molecule has 1 aliphatic rings. The van der Waals surface area contributed by atoms with E-state index in [4.69, 9.17) is 0 Å². The first kappa shape index (κ1) is 21.8. The molecule has 1 fully saturated rings. The van der Waals surface area contributed by atoms with E-state index in [1.165, 1.54) is 42.3 Å². The molecule has 1 amide bonds. The Morgan fingerprint density at radius 3 is 2.55 bits per heavy atom. The molecule has 5 nitrogen and oxygen atoms in total. The van der Waals surface area contributed by atoms with Crippen LogP contribution in [0, 0.1) is 0 Å². The van der Waals surface area contributed by atoms with Crippen molar-refractivity contribution >= 4 is 16.7 Å². The van der Waals surface area contributed by atoms with Crippen molar-refractivity contribution in [2.45, 2.75) is 31.8 Å². The fourth-order valence-corrected chi connectivity index (χ4v) is 4.26. The van der Waals surface area contributed by atoms with E-state index in [1.54, 1.807) is 0 Å². The largest absolute Gasteiger partial charge is 0.348 e. The number of nitrogens with one attached hydrogen (secondary N) is 1. The number of fused-ring (bicyclic) bond motifs is 1. The van der Waals surface area contributed by atoms with Gasteiger partial charge >= 0.3 is 0 Å². The van der Waals surface area contributed by atoms with Gasteiger partial charge in [-0.05, 0) is 70.3 Å². The average Bonchev–Trinajstić information content (AvgIpc) is 2.72. The number of hydrogen-bond donors (Lipinski definition) is 1. The second kappa shape index (κ2) is 10.2. The minimum absolute atomic E-state index is 0.0103. The molecule has 158 valence electrons. The van der Waals surface area contributed by atoms with Crippen molar-refractivity contribution in [2.24, 2.45) is 0 Å². The van der Waals surface area contributed by atoms with Crippen molar-refractivity contribution in [2.75, 3.05) is 53.9 Å². The van der Waals surface area contributed by atoms with Crippen LogP contribution in [0.25, 0.3) is 10.8 Å². The molecule has 0 unspecified atom stereocenters. The Hall–Kier alpha value is -1.95. The van der Waals surface area contributed by atoms with E-state index in [0.717, 1.165) is 13.1 Å². The van der Waals surface area contributed by atoms with Crippen LogP contribution in [0.1, 0.15) is 31.4 Å². The van der Waals surface area contributed by atoms with Gasteiger partial charge in [-0.25, -0.2) is 0 Å². The maximum Gasteiger partial charge on any atom is 0.234 e. The molecule has 5 heteroatoms. The third-order valence-electron chi connectivity index (χ3n) is 6.23. The maximum atomic E-state index is 12.6. The Morgan fingerprint density at radius 1 is 1.10 bits per heavy atom. The van der Waals surface area contributed by atoms with Gasteiger partial charge < -0.3 is 15.1 Å². The van der Waals surface area contributed by atoms with Gasteiger partial charge in [-0.3, -0.25) is 9.69 Å². The normalized spacial score (nSPS) is 17.2. The van der Waals surface area contributed by atoms with E-state index < -0.39 is 0 Å². The number of nitrogens with zero attached hydrogens (tertiary/aromatic N) is 3. The molecule has 0 bridgehead atoms. The van der Waals surface area contributed by atoms with Crippen molar-refractivity contribution in [3.05, 3.63) is 48.0 Å². The van der Waals surface area contributed by atoms with Crippen LogP contribution < -0.4 is 5.32 Å². The second-order valence-electron chi connectivity index (χ2n) is 8.61. The van der Waals surface area contributed by atoms with Gasteiger partial charge in [-0.2, -0.15) is 0 Å². The van der Waals surface area contributed by atoms with Gasteiger partial charge in [0, 0.05) is 19.1 Å². The number of rotatable bonds is 8. The number of carbonyl (C=O) groups is 1. The van der Waals surface area contributed by atoms with E-state index in [-0.39, 0.29) is 11.9 Å². The van der Waals surface area contributed by atoms with Gasteiger partial charge in [0.1, 0.15) is 0 Å². The lowest BCUT2D eigenvalue weighted by atomic mass is 10.00. The molecule has 3 rings (SSSR count). The monoisotopic (exact) mass is 396 g/mol. The fourth-order valence-electron chi connectivity index (χ4n) is 4.26. The van der Waals surface area contributed by atoms with E-state index in [9.17, 15) is 4.79 Å². The van der Waals surface area contributed by atoms with Gasteiger partial charge in [-0.15, -0.1) is 0 Å². The number of piperidine rings is 1.